The molecule has 0 aliphatic heterocycles. The number of amides is 2. The van der Waals surface area contributed by atoms with Crippen LogP contribution in [-0.2, 0) is 4.79 Å². The minimum atomic E-state index is -0.259. The third-order valence-electron chi connectivity index (χ3n) is 5.84. The maximum atomic E-state index is 12.6. The molecule has 1 aliphatic carbocycles. The maximum absolute atomic E-state index is 12.6. The van der Waals surface area contributed by atoms with Crippen molar-refractivity contribution in [3.05, 3.63) is 73.2 Å². The van der Waals surface area contributed by atoms with Crippen LogP contribution >= 0.6 is 0 Å². The predicted octanol–water partition coefficient (Wildman–Crippen LogP) is 2.73. The van der Waals surface area contributed by atoms with E-state index >= 15 is 0 Å². The van der Waals surface area contributed by atoms with Gasteiger partial charge >= 0.3 is 0 Å². The van der Waals surface area contributed by atoms with Gasteiger partial charge in [0.05, 0.1) is 11.4 Å². The van der Waals surface area contributed by atoms with Crippen LogP contribution in [0.4, 0.5) is 11.6 Å². The molecule has 0 spiro atoms. The Balaban J connectivity index is 1.41. The average molecular weight is 454 g/mol. The van der Waals surface area contributed by atoms with E-state index in [2.05, 4.69) is 32.2 Å². The molecule has 0 bridgehead atoms. The Morgan fingerprint density at radius 2 is 1.88 bits per heavy atom. The molecule has 4 N–H and O–H groups in total. The number of carbonyl (C=O) groups is 2. The fraction of sp³-hybridized carbons (Fsp3) is 0.167. The molecular formula is C24H22N8O2. The van der Waals surface area contributed by atoms with Crippen molar-refractivity contribution in [2.24, 2.45) is 0 Å². The standard InChI is InChI=1S/C24H22N8O2/c1-2-19(33)29-16-11-17(12-16)32-23-20(22(25)27-13-28-23)21(31-32)14-6-8-15(9-7-14)24(34)30-18-5-3-4-10-26-18/h2-10,13,16-17H,1,11-12H2,(H,29,33)(H2,25,27,28)(H,26,30,34). The molecule has 0 saturated heterocycles. The van der Waals surface area contributed by atoms with Gasteiger partial charge in [-0.15, -0.1) is 0 Å². The Labute approximate surface area is 194 Å². The fourth-order valence-corrected chi connectivity index (χ4v) is 4.02. The van der Waals surface area contributed by atoms with Crippen molar-refractivity contribution in [3.63, 3.8) is 0 Å². The summed E-state index contributed by atoms with van der Waals surface area (Å²) < 4.78 is 1.85. The highest BCUT2D eigenvalue weighted by Crippen LogP contribution is 2.38. The van der Waals surface area contributed by atoms with E-state index < -0.39 is 0 Å². The van der Waals surface area contributed by atoms with Crippen molar-refractivity contribution < 1.29 is 9.59 Å². The van der Waals surface area contributed by atoms with E-state index in [9.17, 15) is 9.59 Å². The number of hydrogen-bond acceptors (Lipinski definition) is 7. The Hall–Kier alpha value is -4.60. The Kier molecular flexibility index (Phi) is 5.46. The highest BCUT2D eigenvalue weighted by atomic mass is 16.2. The zero-order valence-electron chi connectivity index (χ0n) is 18.2. The third kappa shape index (κ3) is 3.96. The van der Waals surface area contributed by atoms with Gasteiger partial charge in [-0.1, -0.05) is 24.8 Å². The number of rotatable bonds is 6. The Morgan fingerprint density at radius 3 is 2.59 bits per heavy atom. The molecule has 3 heterocycles. The number of pyridine rings is 1. The molecule has 4 aromatic rings. The van der Waals surface area contributed by atoms with Crippen molar-refractivity contribution in [3.8, 4) is 11.3 Å². The van der Waals surface area contributed by atoms with Gasteiger partial charge in [0.15, 0.2) is 5.65 Å². The van der Waals surface area contributed by atoms with Crippen LogP contribution in [0.3, 0.4) is 0 Å². The zero-order valence-corrected chi connectivity index (χ0v) is 18.2. The van der Waals surface area contributed by atoms with E-state index in [1.165, 1.54) is 12.4 Å². The summed E-state index contributed by atoms with van der Waals surface area (Å²) in [4.78, 5) is 36.8. The van der Waals surface area contributed by atoms with Crippen LogP contribution in [0, 0.1) is 0 Å². The van der Waals surface area contributed by atoms with Gasteiger partial charge in [0.2, 0.25) is 5.91 Å². The second-order valence-electron chi connectivity index (χ2n) is 8.03. The number of aromatic nitrogens is 5. The number of hydrogen-bond donors (Lipinski definition) is 3. The normalized spacial score (nSPS) is 17.1. The number of nitrogens with zero attached hydrogens (tertiary/aromatic N) is 5. The van der Waals surface area contributed by atoms with Crippen molar-refractivity contribution >= 4 is 34.5 Å². The maximum Gasteiger partial charge on any atom is 0.256 e. The molecule has 3 aromatic heterocycles. The summed E-state index contributed by atoms with van der Waals surface area (Å²) in [5, 5.41) is 11.1. The van der Waals surface area contributed by atoms with Crippen molar-refractivity contribution in [1.29, 1.82) is 0 Å². The van der Waals surface area contributed by atoms with Gasteiger partial charge in [-0.2, -0.15) is 5.10 Å². The van der Waals surface area contributed by atoms with Crippen molar-refractivity contribution in [1.82, 2.24) is 30.0 Å². The first-order valence-corrected chi connectivity index (χ1v) is 10.8. The number of carbonyl (C=O) groups excluding carboxylic acids is 2. The largest absolute Gasteiger partial charge is 0.383 e. The number of benzene rings is 1. The van der Waals surface area contributed by atoms with Gasteiger partial charge in [-0.3, -0.25) is 9.59 Å². The zero-order chi connectivity index (χ0) is 23.7. The molecule has 0 radical (unpaired) electrons. The number of fused-ring (bicyclic) bond motifs is 1. The smallest absolute Gasteiger partial charge is 0.256 e. The lowest BCUT2D eigenvalue weighted by molar-refractivity contribution is -0.117. The Bertz CT molecular complexity index is 1380. The predicted molar refractivity (Wildman–Crippen MR) is 128 cm³/mol. The summed E-state index contributed by atoms with van der Waals surface area (Å²) in [6.07, 6.45) is 5.76. The highest BCUT2D eigenvalue weighted by molar-refractivity contribution is 6.04. The van der Waals surface area contributed by atoms with E-state index in [4.69, 9.17) is 10.8 Å². The molecule has 1 saturated carbocycles. The van der Waals surface area contributed by atoms with Gasteiger partial charge in [-0.05, 0) is 43.2 Å². The van der Waals surface area contributed by atoms with Gasteiger partial charge in [0.1, 0.15) is 23.7 Å². The van der Waals surface area contributed by atoms with Crippen molar-refractivity contribution in [2.75, 3.05) is 11.1 Å². The van der Waals surface area contributed by atoms with Crippen LogP contribution < -0.4 is 16.4 Å². The summed E-state index contributed by atoms with van der Waals surface area (Å²) in [5.41, 5.74) is 8.75. The van der Waals surface area contributed by atoms with E-state index in [-0.39, 0.29) is 23.9 Å². The highest BCUT2D eigenvalue weighted by Gasteiger charge is 2.34. The van der Waals surface area contributed by atoms with E-state index in [1.54, 1.807) is 36.5 Å². The second-order valence-corrected chi connectivity index (χ2v) is 8.03. The van der Waals surface area contributed by atoms with Crippen LogP contribution in [0.2, 0.25) is 0 Å². The molecule has 1 aliphatic rings. The van der Waals surface area contributed by atoms with Crippen LogP contribution in [0.15, 0.2) is 67.6 Å². The number of anilines is 2. The van der Waals surface area contributed by atoms with Crippen LogP contribution in [0.5, 0.6) is 0 Å². The summed E-state index contributed by atoms with van der Waals surface area (Å²) >= 11 is 0. The molecule has 1 aromatic carbocycles. The molecule has 34 heavy (non-hydrogen) atoms. The average Bonchev–Trinajstić information content (AvgIpc) is 3.22. The quantitative estimate of drug-likeness (QED) is 0.380. The van der Waals surface area contributed by atoms with Gasteiger partial charge in [0.25, 0.3) is 5.91 Å². The molecule has 10 nitrogen and oxygen atoms in total. The lowest BCUT2D eigenvalue weighted by Gasteiger charge is -2.35. The summed E-state index contributed by atoms with van der Waals surface area (Å²) in [7, 11) is 0. The molecule has 0 atom stereocenters. The molecule has 1 fully saturated rings. The number of nitrogen functional groups attached to an aromatic ring is 1. The second kappa shape index (κ2) is 8.74. The molecule has 10 heteroatoms. The first kappa shape index (κ1) is 21.3. The topological polar surface area (TPSA) is 141 Å². The molecule has 5 rings (SSSR count). The van der Waals surface area contributed by atoms with Gasteiger partial charge in [-0.25, -0.2) is 19.6 Å². The third-order valence-corrected chi connectivity index (χ3v) is 5.84. The fourth-order valence-electron chi connectivity index (χ4n) is 4.02. The van der Waals surface area contributed by atoms with Gasteiger partial charge < -0.3 is 16.4 Å². The number of nitrogens with one attached hydrogen (secondary N) is 2. The number of nitrogens with two attached hydrogens (primary N) is 1. The first-order chi connectivity index (χ1) is 16.5. The van der Waals surface area contributed by atoms with Crippen molar-refractivity contribution in [2.45, 2.75) is 24.9 Å². The lowest BCUT2D eigenvalue weighted by Crippen LogP contribution is -2.44. The molecule has 170 valence electrons. The summed E-state index contributed by atoms with van der Waals surface area (Å²) in [6.45, 7) is 3.49. The molecule has 2 amide bonds. The molecule has 0 unspecified atom stereocenters. The minimum absolute atomic E-state index is 0.0642. The first-order valence-electron chi connectivity index (χ1n) is 10.8. The SMILES string of the molecule is C=CC(=O)NC1CC(n2nc(-c3ccc(C(=O)Nc4ccccn4)cc3)c3c(N)ncnc32)C1. The van der Waals surface area contributed by atoms with E-state index in [0.717, 1.165) is 18.4 Å². The van der Waals surface area contributed by atoms with E-state index in [0.29, 0.717) is 33.9 Å². The van der Waals surface area contributed by atoms with E-state index in [1.807, 2.05) is 16.8 Å². The molecular weight excluding hydrogens is 432 g/mol. The monoisotopic (exact) mass is 454 g/mol. The Morgan fingerprint density at radius 1 is 1.09 bits per heavy atom. The van der Waals surface area contributed by atoms with Crippen LogP contribution in [-0.4, -0.2) is 42.6 Å². The summed E-state index contributed by atoms with van der Waals surface area (Å²) in [5.74, 6) is 0.368. The van der Waals surface area contributed by atoms with Crippen LogP contribution in [0.1, 0.15) is 29.2 Å². The summed E-state index contributed by atoms with van der Waals surface area (Å²) in [6, 6.07) is 12.5. The minimum Gasteiger partial charge on any atom is -0.383 e. The van der Waals surface area contributed by atoms with Gasteiger partial charge in [0, 0.05) is 23.4 Å². The van der Waals surface area contributed by atoms with Crippen LogP contribution in [0.25, 0.3) is 22.3 Å². The lowest BCUT2D eigenvalue weighted by atomic mass is 9.87.